The van der Waals surface area contributed by atoms with Crippen molar-refractivity contribution in [2.24, 2.45) is 0 Å². The van der Waals surface area contributed by atoms with Crippen molar-refractivity contribution in [3.05, 3.63) is 28.8 Å². The molecular formula is C12H13F3O5S. The summed E-state index contributed by atoms with van der Waals surface area (Å²) in [6, 6.07) is 0.796. The second-order valence-electron chi connectivity index (χ2n) is 4.38. The summed E-state index contributed by atoms with van der Waals surface area (Å²) >= 11 is 0. The standard InChI is InChI=1S/C12H13F3O5S/c1-2-3-4-8-9(11(16)17)5-7(21(18,19)20)6-10(8)12(13,14)15/h5-6H,2-4H2,1H3,(H,16,17)(H,18,19,20). The van der Waals surface area contributed by atoms with Crippen LogP contribution in [-0.4, -0.2) is 24.0 Å². The van der Waals surface area contributed by atoms with Crippen LogP contribution in [0.1, 0.15) is 41.3 Å². The van der Waals surface area contributed by atoms with Crippen molar-refractivity contribution in [2.75, 3.05) is 0 Å². The van der Waals surface area contributed by atoms with Crippen LogP contribution in [0.25, 0.3) is 0 Å². The highest BCUT2D eigenvalue weighted by atomic mass is 32.2. The molecule has 9 heteroatoms. The molecule has 118 valence electrons. The summed E-state index contributed by atoms with van der Waals surface area (Å²) in [5, 5.41) is 9.00. The van der Waals surface area contributed by atoms with E-state index in [0.29, 0.717) is 18.9 Å². The van der Waals surface area contributed by atoms with Gasteiger partial charge in [0.15, 0.2) is 0 Å². The molecule has 0 aliphatic carbocycles. The van der Waals surface area contributed by atoms with Crippen LogP contribution in [0.5, 0.6) is 0 Å². The molecule has 0 fully saturated rings. The van der Waals surface area contributed by atoms with Crippen LogP contribution in [0.3, 0.4) is 0 Å². The molecule has 0 atom stereocenters. The molecule has 2 N–H and O–H groups in total. The number of aromatic carboxylic acids is 1. The van der Waals surface area contributed by atoms with Crippen molar-refractivity contribution in [3.63, 3.8) is 0 Å². The van der Waals surface area contributed by atoms with Gasteiger partial charge in [0.25, 0.3) is 10.1 Å². The molecule has 21 heavy (non-hydrogen) atoms. The van der Waals surface area contributed by atoms with E-state index >= 15 is 0 Å². The van der Waals surface area contributed by atoms with Crippen LogP contribution in [0.15, 0.2) is 17.0 Å². The van der Waals surface area contributed by atoms with E-state index in [1.54, 1.807) is 6.92 Å². The average Bonchev–Trinajstić information content (AvgIpc) is 2.32. The highest BCUT2D eigenvalue weighted by molar-refractivity contribution is 7.85. The smallest absolute Gasteiger partial charge is 0.416 e. The minimum Gasteiger partial charge on any atom is -0.478 e. The fraction of sp³-hybridized carbons (Fsp3) is 0.417. The Morgan fingerprint density at radius 2 is 1.86 bits per heavy atom. The van der Waals surface area contributed by atoms with Gasteiger partial charge in [-0.05, 0) is 30.5 Å². The van der Waals surface area contributed by atoms with Gasteiger partial charge in [-0.25, -0.2) is 4.79 Å². The van der Waals surface area contributed by atoms with Crippen molar-refractivity contribution < 1.29 is 36.0 Å². The minimum atomic E-state index is -4.94. The van der Waals surface area contributed by atoms with Gasteiger partial charge in [-0.1, -0.05) is 13.3 Å². The van der Waals surface area contributed by atoms with E-state index in [4.69, 9.17) is 9.66 Å². The first-order chi connectivity index (χ1) is 9.48. The minimum absolute atomic E-state index is 0.154. The Labute approximate surface area is 119 Å². The maximum absolute atomic E-state index is 13.0. The largest absolute Gasteiger partial charge is 0.478 e. The normalized spacial score (nSPS) is 12.4. The molecule has 1 rings (SSSR count). The topological polar surface area (TPSA) is 91.7 Å². The van der Waals surface area contributed by atoms with Gasteiger partial charge in [0.1, 0.15) is 0 Å². The Kier molecular flexibility index (Phi) is 5.00. The summed E-state index contributed by atoms with van der Waals surface area (Å²) in [5.74, 6) is -1.68. The summed E-state index contributed by atoms with van der Waals surface area (Å²) in [6.45, 7) is 1.72. The van der Waals surface area contributed by atoms with E-state index in [1.807, 2.05) is 0 Å². The molecule has 1 aromatic rings. The van der Waals surface area contributed by atoms with Gasteiger partial charge < -0.3 is 5.11 Å². The Balaban J connectivity index is 3.70. The lowest BCUT2D eigenvalue weighted by atomic mass is 9.96. The molecule has 0 aliphatic rings. The van der Waals surface area contributed by atoms with Crippen LogP contribution in [-0.2, 0) is 22.7 Å². The summed E-state index contributed by atoms with van der Waals surface area (Å²) in [5.41, 5.74) is -2.61. The first-order valence-electron chi connectivity index (χ1n) is 5.93. The lowest BCUT2D eigenvalue weighted by Gasteiger charge is -2.16. The van der Waals surface area contributed by atoms with E-state index in [1.165, 1.54) is 0 Å². The third kappa shape index (κ3) is 4.18. The number of rotatable bonds is 5. The SMILES string of the molecule is CCCCc1c(C(=O)O)cc(S(=O)(=O)O)cc1C(F)(F)F. The van der Waals surface area contributed by atoms with Gasteiger partial charge >= 0.3 is 12.1 Å². The summed E-state index contributed by atoms with van der Waals surface area (Å²) in [7, 11) is -4.94. The quantitative estimate of drug-likeness (QED) is 0.812. The second-order valence-corrected chi connectivity index (χ2v) is 5.80. The van der Waals surface area contributed by atoms with Crippen LogP contribution in [0, 0.1) is 0 Å². The monoisotopic (exact) mass is 326 g/mol. The maximum Gasteiger partial charge on any atom is 0.416 e. The summed E-state index contributed by atoms with van der Waals surface area (Å²) in [4.78, 5) is 10.0. The molecule has 0 radical (unpaired) electrons. The van der Waals surface area contributed by atoms with E-state index in [2.05, 4.69) is 0 Å². The Bertz CT molecular complexity index is 650. The predicted octanol–water partition coefficient (Wildman–Crippen LogP) is 2.99. The molecular weight excluding hydrogens is 313 g/mol. The number of carbonyl (C=O) groups is 1. The van der Waals surface area contributed by atoms with Crippen molar-refractivity contribution in [3.8, 4) is 0 Å². The van der Waals surface area contributed by atoms with Crippen molar-refractivity contribution in [1.82, 2.24) is 0 Å². The fourth-order valence-corrected chi connectivity index (χ4v) is 2.39. The van der Waals surface area contributed by atoms with Crippen LogP contribution in [0.2, 0.25) is 0 Å². The average molecular weight is 326 g/mol. The number of carboxylic acids is 1. The zero-order chi connectivity index (χ0) is 16.4. The number of hydrogen-bond acceptors (Lipinski definition) is 3. The van der Waals surface area contributed by atoms with Gasteiger partial charge in [-0.15, -0.1) is 0 Å². The number of alkyl halides is 3. The molecule has 0 unspecified atom stereocenters. The highest BCUT2D eigenvalue weighted by Crippen LogP contribution is 2.36. The van der Waals surface area contributed by atoms with Gasteiger partial charge in [0.2, 0.25) is 0 Å². The molecule has 0 saturated heterocycles. The lowest BCUT2D eigenvalue weighted by molar-refractivity contribution is -0.138. The molecule has 0 spiro atoms. The van der Waals surface area contributed by atoms with Crippen molar-refractivity contribution in [2.45, 2.75) is 37.3 Å². The van der Waals surface area contributed by atoms with Crippen molar-refractivity contribution >= 4 is 16.1 Å². The van der Waals surface area contributed by atoms with Gasteiger partial charge in [-0.3, -0.25) is 4.55 Å². The Morgan fingerprint density at radius 3 is 2.24 bits per heavy atom. The number of halogens is 3. The molecule has 0 amide bonds. The van der Waals surface area contributed by atoms with Crippen molar-refractivity contribution in [1.29, 1.82) is 0 Å². The van der Waals surface area contributed by atoms with Crippen LogP contribution >= 0.6 is 0 Å². The predicted molar refractivity (Wildman–Crippen MR) is 66.8 cm³/mol. The summed E-state index contributed by atoms with van der Waals surface area (Å²) in [6.07, 6.45) is -4.22. The van der Waals surface area contributed by atoms with E-state index in [0.717, 1.165) is 0 Å². The van der Waals surface area contributed by atoms with Gasteiger partial charge in [-0.2, -0.15) is 21.6 Å². The third-order valence-corrected chi connectivity index (χ3v) is 3.67. The zero-order valence-corrected chi connectivity index (χ0v) is 11.8. The number of benzene rings is 1. The zero-order valence-electron chi connectivity index (χ0n) is 10.9. The lowest BCUT2D eigenvalue weighted by Crippen LogP contribution is -2.16. The number of carboxylic acid groups (broad SMARTS) is 1. The first-order valence-corrected chi connectivity index (χ1v) is 7.37. The molecule has 0 aromatic heterocycles. The molecule has 0 heterocycles. The number of unbranched alkanes of at least 4 members (excludes halogenated alkanes) is 1. The molecule has 5 nitrogen and oxygen atoms in total. The Hall–Kier alpha value is -1.61. The molecule has 0 bridgehead atoms. The highest BCUT2D eigenvalue weighted by Gasteiger charge is 2.36. The third-order valence-electron chi connectivity index (χ3n) is 2.84. The second kappa shape index (κ2) is 6.02. The fourth-order valence-electron chi connectivity index (χ4n) is 1.86. The van der Waals surface area contributed by atoms with E-state index in [-0.39, 0.29) is 12.5 Å². The van der Waals surface area contributed by atoms with E-state index < -0.39 is 43.8 Å². The van der Waals surface area contributed by atoms with Crippen LogP contribution < -0.4 is 0 Å². The Morgan fingerprint density at radius 1 is 1.29 bits per heavy atom. The molecule has 1 aromatic carbocycles. The van der Waals surface area contributed by atoms with Crippen LogP contribution in [0.4, 0.5) is 13.2 Å². The maximum atomic E-state index is 13.0. The molecule has 0 aliphatic heterocycles. The number of hydrogen-bond donors (Lipinski definition) is 2. The summed E-state index contributed by atoms with van der Waals surface area (Å²) < 4.78 is 69.9. The van der Waals surface area contributed by atoms with E-state index in [9.17, 15) is 26.4 Å². The molecule has 0 saturated carbocycles. The first kappa shape index (κ1) is 17.4. The van der Waals surface area contributed by atoms with Gasteiger partial charge in [0.05, 0.1) is 16.0 Å². The van der Waals surface area contributed by atoms with Gasteiger partial charge in [0, 0.05) is 0 Å².